The van der Waals surface area contributed by atoms with E-state index in [4.69, 9.17) is 15.6 Å². The van der Waals surface area contributed by atoms with Gasteiger partial charge in [0.05, 0.1) is 19.3 Å². The monoisotopic (exact) mass is 243 g/mol. The quantitative estimate of drug-likeness (QED) is 0.515. The van der Waals surface area contributed by atoms with Crippen LogP contribution in [0.2, 0.25) is 0 Å². The van der Waals surface area contributed by atoms with Crippen LogP contribution in [0.4, 0.5) is 5.69 Å². The lowest BCUT2D eigenvalue weighted by Gasteiger charge is -2.09. The van der Waals surface area contributed by atoms with Gasteiger partial charge in [-0.25, -0.2) is 0 Å². The van der Waals surface area contributed by atoms with E-state index < -0.39 is 6.10 Å². The molecule has 90 valence electrons. The summed E-state index contributed by atoms with van der Waals surface area (Å²) >= 11 is 1.44. The average molecular weight is 243 g/mol. The third-order valence-electron chi connectivity index (χ3n) is 1.87. The first-order valence-electron chi connectivity index (χ1n) is 5.10. The molecule has 0 aliphatic rings. The summed E-state index contributed by atoms with van der Waals surface area (Å²) in [5, 5.41) is 17.9. The van der Waals surface area contributed by atoms with E-state index in [9.17, 15) is 5.11 Å². The molecule has 0 aliphatic carbocycles. The molecule has 1 unspecified atom stereocenters. The van der Waals surface area contributed by atoms with Gasteiger partial charge in [0.15, 0.2) is 0 Å². The number of anilines is 1. The second-order valence-corrected chi connectivity index (χ2v) is 4.41. The molecule has 0 heterocycles. The lowest BCUT2D eigenvalue weighted by Crippen LogP contribution is -2.14. The summed E-state index contributed by atoms with van der Waals surface area (Å²) in [6, 6.07) is 5.45. The minimum absolute atomic E-state index is 0.229. The zero-order valence-electron chi connectivity index (χ0n) is 9.22. The Labute approximate surface area is 99.4 Å². The van der Waals surface area contributed by atoms with Crippen LogP contribution in [-0.2, 0) is 0 Å². The van der Waals surface area contributed by atoms with Gasteiger partial charge in [0, 0.05) is 22.4 Å². The maximum absolute atomic E-state index is 9.23. The van der Waals surface area contributed by atoms with Crippen LogP contribution in [-0.4, -0.2) is 35.3 Å². The van der Waals surface area contributed by atoms with E-state index in [0.717, 1.165) is 10.6 Å². The second-order valence-electron chi connectivity index (χ2n) is 3.32. The molecule has 1 atom stereocenters. The van der Waals surface area contributed by atoms with Crippen LogP contribution in [0.15, 0.2) is 23.1 Å². The second kappa shape index (κ2) is 6.62. The predicted molar refractivity (Wildman–Crippen MR) is 65.8 cm³/mol. The Morgan fingerprint density at radius 1 is 1.44 bits per heavy atom. The molecule has 1 rings (SSSR count). The number of thioether (sulfide) groups is 1. The van der Waals surface area contributed by atoms with E-state index in [-0.39, 0.29) is 6.61 Å². The fraction of sp³-hybridized carbons (Fsp3) is 0.455. The lowest BCUT2D eigenvalue weighted by molar-refractivity contribution is 0.113. The van der Waals surface area contributed by atoms with E-state index in [1.807, 2.05) is 19.1 Å². The molecule has 0 spiro atoms. The van der Waals surface area contributed by atoms with Gasteiger partial charge < -0.3 is 20.7 Å². The molecule has 0 amide bonds. The number of ether oxygens (including phenoxy) is 1. The highest BCUT2D eigenvalue weighted by atomic mass is 32.2. The van der Waals surface area contributed by atoms with Crippen molar-refractivity contribution < 1.29 is 14.9 Å². The minimum Gasteiger partial charge on any atom is -0.494 e. The highest BCUT2D eigenvalue weighted by Gasteiger charge is 2.05. The molecule has 4 N–H and O–H groups in total. The summed E-state index contributed by atoms with van der Waals surface area (Å²) in [7, 11) is 0. The van der Waals surface area contributed by atoms with E-state index in [1.54, 1.807) is 6.07 Å². The largest absolute Gasteiger partial charge is 0.494 e. The van der Waals surface area contributed by atoms with Crippen LogP contribution >= 0.6 is 11.8 Å². The number of aliphatic hydroxyl groups is 2. The van der Waals surface area contributed by atoms with E-state index in [1.165, 1.54) is 11.8 Å². The molecule has 0 saturated heterocycles. The third kappa shape index (κ3) is 4.30. The van der Waals surface area contributed by atoms with Crippen molar-refractivity contribution in [3.05, 3.63) is 18.2 Å². The van der Waals surface area contributed by atoms with Crippen LogP contribution in [0.1, 0.15) is 6.92 Å². The normalized spacial score (nSPS) is 12.4. The number of hydrogen-bond donors (Lipinski definition) is 3. The minimum atomic E-state index is -0.707. The molecule has 0 saturated carbocycles. The zero-order chi connectivity index (χ0) is 12.0. The summed E-state index contributed by atoms with van der Waals surface area (Å²) in [6.07, 6.45) is -0.707. The van der Waals surface area contributed by atoms with Crippen LogP contribution < -0.4 is 10.5 Å². The molecule has 1 aromatic carbocycles. The fourth-order valence-corrected chi connectivity index (χ4v) is 2.08. The molecule has 5 heteroatoms. The summed E-state index contributed by atoms with van der Waals surface area (Å²) in [5.74, 6) is 1.16. The standard InChI is InChI=1S/C11H17NO3S/c1-2-15-10-3-8(12)4-11(5-10)16-7-9(14)6-13/h3-5,9,13-14H,2,6-7,12H2,1H3. The molecule has 0 bridgehead atoms. The van der Waals surface area contributed by atoms with Gasteiger partial charge in [-0.1, -0.05) is 0 Å². The predicted octanol–water partition coefficient (Wildman–Crippen LogP) is 1.11. The van der Waals surface area contributed by atoms with Gasteiger partial charge in [-0.15, -0.1) is 11.8 Å². The first-order chi connectivity index (χ1) is 7.65. The van der Waals surface area contributed by atoms with Crippen molar-refractivity contribution >= 4 is 17.4 Å². The number of rotatable bonds is 6. The molecule has 0 aromatic heterocycles. The zero-order valence-corrected chi connectivity index (χ0v) is 10.0. The fourth-order valence-electron chi connectivity index (χ4n) is 1.17. The Kier molecular flexibility index (Phi) is 5.45. The Bertz CT molecular complexity index is 333. The molecule has 0 aliphatic heterocycles. The van der Waals surface area contributed by atoms with Crippen LogP contribution in [0.3, 0.4) is 0 Å². The molecule has 4 nitrogen and oxygen atoms in total. The molecule has 0 fully saturated rings. The molecule has 16 heavy (non-hydrogen) atoms. The summed E-state index contributed by atoms with van der Waals surface area (Å²) in [6.45, 7) is 2.27. The van der Waals surface area contributed by atoms with Gasteiger partial charge in [-0.05, 0) is 19.1 Å². The van der Waals surface area contributed by atoms with Crippen molar-refractivity contribution in [2.45, 2.75) is 17.9 Å². The first kappa shape index (κ1) is 13.2. The number of hydrogen-bond acceptors (Lipinski definition) is 5. The summed E-state index contributed by atoms with van der Waals surface area (Å²) < 4.78 is 5.36. The number of benzene rings is 1. The van der Waals surface area contributed by atoms with Gasteiger partial charge in [0.1, 0.15) is 5.75 Å². The van der Waals surface area contributed by atoms with Gasteiger partial charge in [0.25, 0.3) is 0 Å². The number of aliphatic hydroxyl groups excluding tert-OH is 2. The maximum atomic E-state index is 9.23. The van der Waals surface area contributed by atoms with Crippen molar-refractivity contribution in [1.29, 1.82) is 0 Å². The van der Waals surface area contributed by atoms with E-state index >= 15 is 0 Å². The SMILES string of the molecule is CCOc1cc(N)cc(SCC(O)CO)c1. The van der Waals surface area contributed by atoms with Crippen molar-refractivity contribution in [1.82, 2.24) is 0 Å². The Morgan fingerprint density at radius 2 is 2.19 bits per heavy atom. The van der Waals surface area contributed by atoms with E-state index in [0.29, 0.717) is 18.0 Å². The Balaban J connectivity index is 2.64. The molecule has 1 aromatic rings. The van der Waals surface area contributed by atoms with Crippen LogP contribution in [0.25, 0.3) is 0 Å². The Hall–Kier alpha value is -0.910. The summed E-state index contributed by atoms with van der Waals surface area (Å²) in [5.41, 5.74) is 6.35. The topological polar surface area (TPSA) is 75.7 Å². The molecular weight excluding hydrogens is 226 g/mol. The van der Waals surface area contributed by atoms with Crippen LogP contribution in [0.5, 0.6) is 5.75 Å². The van der Waals surface area contributed by atoms with Crippen LogP contribution in [0, 0.1) is 0 Å². The first-order valence-corrected chi connectivity index (χ1v) is 6.09. The maximum Gasteiger partial charge on any atom is 0.122 e. The number of nitrogens with two attached hydrogens (primary N) is 1. The average Bonchev–Trinajstić information content (AvgIpc) is 2.25. The van der Waals surface area contributed by atoms with Crippen molar-refractivity contribution in [2.75, 3.05) is 24.7 Å². The molecule has 0 radical (unpaired) electrons. The van der Waals surface area contributed by atoms with E-state index in [2.05, 4.69) is 0 Å². The van der Waals surface area contributed by atoms with Gasteiger partial charge in [0.2, 0.25) is 0 Å². The summed E-state index contributed by atoms with van der Waals surface area (Å²) in [4.78, 5) is 0.927. The highest BCUT2D eigenvalue weighted by molar-refractivity contribution is 7.99. The molecular formula is C11H17NO3S. The smallest absolute Gasteiger partial charge is 0.122 e. The van der Waals surface area contributed by atoms with Gasteiger partial charge in [-0.3, -0.25) is 0 Å². The van der Waals surface area contributed by atoms with Crippen molar-refractivity contribution in [3.63, 3.8) is 0 Å². The van der Waals surface area contributed by atoms with Gasteiger partial charge in [-0.2, -0.15) is 0 Å². The van der Waals surface area contributed by atoms with Gasteiger partial charge >= 0.3 is 0 Å². The Morgan fingerprint density at radius 3 is 2.81 bits per heavy atom. The van der Waals surface area contributed by atoms with Crippen molar-refractivity contribution in [3.8, 4) is 5.75 Å². The lowest BCUT2D eigenvalue weighted by atomic mass is 10.3. The third-order valence-corrected chi connectivity index (χ3v) is 2.99. The highest BCUT2D eigenvalue weighted by Crippen LogP contribution is 2.27. The van der Waals surface area contributed by atoms with Crippen molar-refractivity contribution in [2.24, 2.45) is 0 Å². The number of nitrogen functional groups attached to an aromatic ring is 1.